The highest BCUT2D eigenvalue weighted by molar-refractivity contribution is 5.41. The molecule has 1 rings (SSSR count). The van der Waals surface area contributed by atoms with Gasteiger partial charge in [-0.2, -0.15) is 0 Å². The van der Waals surface area contributed by atoms with Crippen LogP contribution < -0.4 is 19.5 Å². The number of rotatable bonds is 10. The van der Waals surface area contributed by atoms with E-state index in [0.29, 0.717) is 12.6 Å². The van der Waals surface area contributed by atoms with Gasteiger partial charge in [0.2, 0.25) is 0 Å². The summed E-state index contributed by atoms with van der Waals surface area (Å²) in [5.74, 6) is 3.00. The first-order valence-electron chi connectivity index (χ1n) is 7.64. The van der Waals surface area contributed by atoms with E-state index in [-0.39, 0.29) is 0 Å². The molecular formula is C17H29NO3. The maximum Gasteiger partial charge on any atom is 0.126 e. The molecule has 1 aromatic carbocycles. The zero-order chi connectivity index (χ0) is 15.7. The van der Waals surface area contributed by atoms with Gasteiger partial charge in [0.25, 0.3) is 0 Å². The second-order valence-electron chi connectivity index (χ2n) is 5.72. The largest absolute Gasteiger partial charge is 0.496 e. The van der Waals surface area contributed by atoms with E-state index in [4.69, 9.17) is 14.2 Å². The normalized spacial score (nSPS) is 12.3. The number of hydrogen-bond donors (Lipinski definition) is 1. The lowest BCUT2D eigenvalue weighted by Crippen LogP contribution is -2.30. The Hall–Kier alpha value is -1.42. The van der Waals surface area contributed by atoms with Gasteiger partial charge >= 0.3 is 0 Å². The predicted octanol–water partition coefficient (Wildman–Crippen LogP) is 3.50. The third-order valence-corrected chi connectivity index (χ3v) is 3.37. The highest BCUT2D eigenvalue weighted by Gasteiger charge is 2.05. The van der Waals surface area contributed by atoms with E-state index >= 15 is 0 Å². The van der Waals surface area contributed by atoms with E-state index in [1.165, 1.54) is 12.8 Å². The molecule has 1 N–H and O–H groups in total. The van der Waals surface area contributed by atoms with E-state index in [1.807, 2.05) is 18.2 Å². The Bertz CT molecular complexity index is 385. The van der Waals surface area contributed by atoms with Crippen LogP contribution in [0, 0.1) is 5.92 Å². The summed E-state index contributed by atoms with van der Waals surface area (Å²) < 4.78 is 16.2. The summed E-state index contributed by atoms with van der Waals surface area (Å²) in [5, 5.41) is 3.48. The van der Waals surface area contributed by atoms with Gasteiger partial charge in [0, 0.05) is 30.8 Å². The van der Waals surface area contributed by atoms with Crippen LogP contribution in [-0.4, -0.2) is 33.4 Å². The molecule has 0 amide bonds. The van der Waals surface area contributed by atoms with E-state index < -0.39 is 0 Å². The van der Waals surface area contributed by atoms with Gasteiger partial charge in [-0.3, -0.25) is 0 Å². The van der Waals surface area contributed by atoms with E-state index in [0.717, 1.165) is 29.7 Å². The van der Waals surface area contributed by atoms with Crippen LogP contribution >= 0.6 is 0 Å². The third-order valence-electron chi connectivity index (χ3n) is 3.37. The van der Waals surface area contributed by atoms with Crippen molar-refractivity contribution in [2.24, 2.45) is 5.92 Å². The summed E-state index contributed by atoms with van der Waals surface area (Å²) >= 11 is 0. The van der Waals surface area contributed by atoms with Gasteiger partial charge in [-0.15, -0.1) is 0 Å². The molecule has 21 heavy (non-hydrogen) atoms. The fraction of sp³-hybridized carbons (Fsp3) is 0.647. The minimum absolute atomic E-state index is 0.524. The van der Waals surface area contributed by atoms with Crippen LogP contribution in [-0.2, 0) is 0 Å². The lowest BCUT2D eigenvalue weighted by atomic mass is 10.0. The minimum Gasteiger partial charge on any atom is -0.496 e. The average Bonchev–Trinajstić information content (AvgIpc) is 2.49. The van der Waals surface area contributed by atoms with Gasteiger partial charge < -0.3 is 19.5 Å². The monoisotopic (exact) mass is 295 g/mol. The van der Waals surface area contributed by atoms with Crippen molar-refractivity contribution in [2.45, 2.75) is 39.7 Å². The zero-order valence-corrected chi connectivity index (χ0v) is 13.9. The predicted molar refractivity (Wildman–Crippen MR) is 86.6 cm³/mol. The molecule has 120 valence electrons. The lowest BCUT2D eigenvalue weighted by molar-refractivity contribution is 0.298. The number of hydrogen-bond acceptors (Lipinski definition) is 4. The molecule has 4 nitrogen and oxygen atoms in total. The van der Waals surface area contributed by atoms with Crippen molar-refractivity contribution in [1.29, 1.82) is 0 Å². The first-order valence-corrected chi connectivity index (χ1v) is 7.64. The first-order chi connectivity index (χ1) is 10.0. The molecule has 0 saturated carbocycles. The van der Waals surface area contributed by atoms with Crippen LogP contribution in [0.2, 0.25) is 0 Å². The fourth-order valence-electron chi connectivity index (χ4n) is 2.02. The molecule has 0 saturated heterocycles. The second kappa shape index (κ2) is 9.50. The summed E-state index contributed by atoms with van der Waals surface area (Å²) in [6.07, 6.45) is 2.45. The zero-order valence-electron chi connectivity index (χ0n) is 13.9. The van der Waals surface area contributed by atoms with Gasteiger partial charge in [-0.05, 0) is 25.7 Å². The molecule has 0 aliphatic carbocycles. The Morgan fingerprint density at radius 3 is 2.00 bits per heavy atom. The number of methoxy groups -OCH3 is 2. The lowest BCUT2D eigenvalue weighted by Gasteiger charge is -2.15. The van der Waals surface area contributed by atoms with Crippen LogP contribution in [0.25, 0.3) is 0 Å². The van der Waals surface area contributed by atoms with Gasteiger partial charge in [0.1, 0.15) is 23.9 Å². The van der Waals surface area contributed by atoms with Crippen molar-refractivity contribution < 1.29 is 14.2 Å². The summed E-state index contributed by atoms with van der Waals surface area (Å²) in [6.45, 7) is 8.19. The number of nitrogens with one attached hydrogen (secondary N) is 1. The molecule has 1 aromatic rings. The molecule has 0 aliphatic heterocycles. The summed E-state index contributed by atoms with van der Waals surface area (Å²) in [7, 11) is 3.27. The maximum atomic E-state index is 5.74. The standard InChI is InChI=1S/C17H29NO3/c1-13(2)6-7-14(3)18-8-9-21-17-11-15(19-4)10-16(12-17)20-5/h10-14,18H,6-9H2,1-5H3. The topological polar surface area (TPSA) is 39.7 Å². The van der Waals surface area contributed by atoms with Crippen LogP contribution in [0.3, 0.4) is 0 Å². The quantitative estimate of drug-likeness (QED) is 0.671. The number of benzene rings is 1. The molecule has 1 unspecified atom stereocenters. The molecule has 0 aliphatic rings. The molecule has 0 heterocycles. The summed E-state index contributed by atoms with van der Waals surface area (Å²) in [6, 6.07) is 6.09. The molecule has 0 aromatic heterocycles. The van der Waals surface area contributed by atoms with Gasteiger partial charge in [-0.25, -0.2) is 0 Å². The Balaban J connectivity index is 2.32. The summed E-state index contributed by atoms with van der Waals surface area (Å²) in [5.41, 5.74) is 0. The molecule has 0 fully saturated rings. The molecule has 0 spiro atoms. The van der Waals surface area contributed by atoms with Crippen molar-refractivity contribution in [1.82, 2.24) is 5.32 Å². The van der Waals surface area contributed by atoms with Crippen molar-refractivity contribution in [3.05, 3.63) is 18.2 Å². The van der Waals surface area contributed by atoms with Crippen molar-refractivity contribution in [2.75, 3.05) is 27.4 Å². The van der Waals surface area contributed by atoms with Crippen molar-refractivity contribution in [3.8, 4) is 17.2 Å². The molecule has 4 heteroatoms. The maximum absolute atomic E-state index is 5.74. The highest BCUT2D eigenvalue weighted by Crippen LogP contribution is 2.27. The minimum atomic E-state index is 0.524. The third kappa shape index (κ3) is 7.23. The Labute approximate surface area is 128 Å². The SMILES string of the molecule is COc1cc(OC)cc(OCCNC(C)CCC(C)C)c1. The number of ether oxygens (including phenoxy) is 3. The average molecular weight is 295 g/mol. The molecule has 1 atom stereocenters. The molecule has 0 radical (unpaired) electrons. The molecule has 0 bridgehead atoms. The van der Waals surface area contributed by atoms with Crippen LogP contribution in [0.15, 0.2) is 18.2 Å². The van der Waals surface area contributed by atoms with E-state index in [9.17, 15) is 0 Å². The van der Waals surface area contributed by atoms with E-state index in [1.54, 1.807) is 14.2 Å². The van der Waals surface area contributed by atoms with Crippen molar-refractivity contribution in [3.63, 3.8) is 0 Å². The molecular weight excluding hydrogens is 266 g/mol. The second-order valence-corrected chi connectivity index (χ2v) is 5.72. The Kier molecular flexibility index (Phi) is 7.98. The van der Waals surface area contributed by atoms with Crippen LogP contribution in [0.4, 0.5) is 0 Å². The van der Waals surface area contributed by atoms with Crippen LogP contribution in [0.5, 0.6) is 17.2 Å². The summed E-state index contributed by atoms with van der Waals surface area (Å²) in [4.78, 5) is 0. The Morgan fingerprint density at radius 2 is 1.48 bits per heavy atom. The van der Waals surface area contributed by atoms with Crippen molar-refractivity contribution >= 4 is 0 Å². The van der Waals surface area contributed by atoms with E-state index in [2.05, 4.69) is 26.1 Å². The van der Waals surface area contributed by atoms with Gasteiger partial charge in [-0.1, -0.05) is 13.8 Å². The Morgan fingerprint density at radius 1 is 0.905 bits per heavy atom. The smallest absolute Gasteiger partial charge is 0.126 e. The van der Waals surface area contributed by atoms with Gasteiger partial charge in [0.05, 0.1) is 14.2 Å². The van der Waals surface area contributed by atoms with Gasteiger partial charge in [0.15, 0.2) is 0 Å². The first kappa shape index (κ1) is 17.6. The highest BCUT2D eigenvalue weighted by atomic mass is 16.5. The van der Waals surface area contributed by atoms with Crippen LogP contribution in [0.1, 0.15) is 33.6 Å². The fourth-order valence-corrected chi connectivity index (χ4v) is 2.02.